The SMILES string of the molecule is O=C(O)CC(Oc1ccccc1)C(=O)O.[Ag]. The van der Waals surface area contributed by atoms with E-state index in [1.165, 1.54) is 0 Å². The molecular weight excluding hydrogens is 308 g/mol. The fourth-order valence-electron chi connectivity index (χ4n) is 1.00. The maximum absolute atomic E-state index is 10.7. The van der Waals surface area contributed by atoms with Gasteiger partial charge in [-0.2, -0.15) is 0 Å². The van der Waals surface area contributed by atoms with Crippen LogP contribution in [0, 0.1) is 0 Å². The van der Waals surface area contributed by atoms with E-state index in [9.17, 15) is 9.59 Å². The molecule has 0 aliphatic carbocycles. The number of hydrogen-bond acceptors (Lipinski definition) is 3. The molecule has 6 heteroatoms. The molecule has 1 aromatic rings. The van der Waals surface area contributed by atoms with Crippen molar-refractivity contribution in [1.82, 2.24) is 0 Å². The van der Waals surface area contributed by atoms with Crippen LogP contribution < -0.4 is 4.74 Å². The zero-order chi connectivity index (χ0) is 11.3. The minimum absolute atomic E-state index is 0. The fourth-order valence-corrected chi connectivity index (χ4v) is 1.00. The third kappa shape index (κ3) is 4.97. The smallest absolute Gasteiger partial charge is 0.345 e. The van der Waals surface area contributed by atoms with E-state index in [1.807, 2.05) is 0 Å². The van der Waals surface area contributed by atoms with Crippen molar-refractivity contribution in [2.45, 2.75) is 12.5 Å². The van der Waals surface area contributed by atoms with Gasteiger partial charge in [-0.1, -0.05) is 18.2 Å². The molecule has 0 amide bonds. The maximum Gasteiger partial charge on any atom is 0.345 e. The van der Waals surface area contributed by atoms with Gasteiger partial charge in [-0.15, -0.1) is 0 Å². The molecule has 0 aliphatic heterocycles. The largest absolute Gasteiger partial charge is 0.481 e. The van der Waals surface area contributed by atoms with Crippen LogP contribution >= 0.6 is 0 Å². The Labute approximate surface area is 108 Å². The molecule has 16 heavy (non-hydrogen) atoms. The van der Waals surface area contributed by atoms with Gasteiger partial charge >= 0.3 is 11.9 Å². The van der Waals surface area contributed by atoms with Crippen LogP contribution in [0.2, 0.25) is 0 Å². The van der Waals surface area contributed by atoms with Gasteiger partial charge in [0, 0.05) is 22.4 Å². The Morgan fingerprint density at radius 1 is 1.19 bits per heavy atom. The van der Waals surface area contributed by atoms with Gasteiger partial charge in [0.05, 0.1) is 6.42 Å². The number of rotatable bonds is 5. The second-order valence-corrected chi connectivity index (χ2v) is 2.86. The van der Waals surface area contributed by atoms with Crippen molar-refractivity contribution < 1.29 is 46.9 Å². The van der Waals surface area contributed by atoms with E-state index in [-0.39, 0.29) is 22.4 Å². The number of ether oxygens (including phenoxy) is 1. The molecule has 2 N–H and O–H groups in total. The Bertz CT molecular complexity index is 351. The molecule has 1 atom stereocenters. The topological polar surface area (TPSA) is 83.8 Å². The van der Waals surface area contributed by atoms with Crippen molar-refractivity contribution in [1.29, 1.82) is 0 Å². The zero-order valence-electron chi connectivity index (χ0n) is 8.09. The quantitative estimate of drug-likeness (QED) is 0.791. The van der Waals surface area contributed by atoms with Crippen molar-refractivity contribution in [3.05, 3.63) is 30.3 Å². The summed E-state index contributed by atoms with van der Waals surface area (Å²) in [6.07, 6.45) is -1.92. The molecule has 0 aliphatic rings. The summed E-state index contributed by atoms with van der Waals surface area (Å²) < 4.78 is 5.01. The van der Waals surface area contributed by atoms with Crippen LogP contribution in [0.5, 0.6) is 5.75 Å². The van der Waals surface area contributed by atoms with Crippen molar-refractivity contribution in [3.63, 3.8) is 0 Å². The first-order chi connectivity index (χ1) is 7.09. The Balaban J connectivity index is 0.00000225. The van der Waals surface area contributed by atoms with Crippen LogP contribution in [-0.4, -0.2) is 28.3 Å². The van der Waals surface area contributed by atoms with E-state index < -0.39 is 24.5 Å². The fraction of sp³-hybridized carbons (Fsp3) is 0.200. The van der Waals surface area contributed by atoms with E-state index in [2.05, 4.69) is 0 Å². The summed E-state index contributed by atoms with van der Waals surface area (Å²) in [5.74, 6) is -2.16. The van der Waals surface area contributed by atoms with Crippen LogP contribution in [0.1, 0.15) is 6.42 Å². The van der Waals surface area contributed by atoms with Crippen LogP contribution in [0.3, 0.4) is 0 Å². The molecule has 1 radical (unpaired) electrons. The van der Waals surface area contributed by atoms with Gasteiger partial charge in [0.2, 0.25) is 6.10 Å². The molecule has 5 nitrogen and oxygen atoms in total. The Kier molecular flexibility index (Phi) is 6.48. The summed E-state index contributed by atoms with van der Waals surface area (Å²) in [5.41, 5.74) is 0. The summed E-state index contributed by atoms with van der Waals surface area (Å²) in [4.78, 5) is 21.0. The number of hydrogen-bond donors (Lipinski definition) is 2. The van der Waals surface area contributed by atoms with Crippen LogP contribution in [0.4, 0.5) is 0 Å². The average Bonchev–Trinajstić information content (AvgIpc) is 2.17. The molecule has 1 aromatic carbocycles. The van der Waals surface area contributed by atoms with Crippen molar-refractivity contribution in [3.8, 4) is 5.75 Å². The minimum Gasteiger partial charge on any atom is -0.481 e. The third-order valence-electron chi connectivity index (χ3n) is 1.66. The average molecular weight is 318 g/mol. The Morgan fingerprint density at radius 3 is 2.19 bits per heavy atom. The summed E-state index contributed by atoms with van der Waals surface area (Å²) in [7, 11) is 0. The predicted molar refractivity (Wildman–Crippen MR) is 50.7 cm³/mol. The minimum atomic E-state index is -1.36. The first-order valence-corrected chi connectivity index (χ1v) is 4.26. The number of carbonyl (C=O) groups is 2. The number of carboxylic acid groups (broad SMARTS) is 2. The monoisotopic (exact) mass is 317 g/mol. The van der Waals surface area contributed by atoms with Crippen LogP contribution in [-0.2, 0) is 32.0 Å². The molecule has 1 unspecified atom stereocenters. The second kappa shape index (κ2) is 7.05. The normalized spacial score (nSPS) is 11.0. The van der Waals surface area contributed by atoms with E-state index in [0.29, 0.717) is 5.75 Å². The van der Waals surface area contributed by atoms with E-state index >= 15 is 0 Å². The standard InChI is InChI=1S/C10H10O5.Ag/c11-9(12)6-8(10(13)14)15-7-4-2-1-3-5-7;/h1-5,8H,6H2,(H,11,12)(H,13,14);. The summed E-state index contributed by atoms with van der Waals surface area (Å²) in [5, 5.41) is 17.2. The van der Waals surface area contributed by atoms with Gasteiger partial charge in [-0.05, 0) is 12.1 Å². The molecule has 0 heterocycles. The van der Waals surface area contributed by atoms with Crippen molar-refractivity contribution in [2.75, 3.05) is 0 Å². The first-order valence-electron chi connectivity index (χ1n) is 4.26. The Hall–Kier alpha value is -1.30. The maximum atomic E-state index is 10.7. The van der Waals surface area contributed by atoms with Crippen LogP contribution in [0.15, 0.2) is 30.3 Å². The Morgan fingerprint density at radius 2 is 1.75 bits per heavy atom. The molecule has 0 bridgehead atoms. The van der Waals surface area contributed by atoms with E-state index in [4.69, 9.17) is 14.9 Å². The summed E-state index contributed by atoms with van der Waals surface area (Å²) in [6, 6.07) is 8.24. The van der Waals surface area contributed by atoms with Crippen molar-refractivity contribution >= 4 is 11.9 Å². The summed E-state index contributed by atoms with van der Waals surface area (Å²) in [6.45, 7) is 0. The molecule has 0 saturated heterocycles. The number of aliphatic carboxylic acids is 2. The predicted octanol–water partition coefficient (Wildman–Crippen LogP) is 0.991. The molecule has 91 valence electrons. The first kappa shape index (κ1) is 14.7. The van der Waals surface area contributed by atoms with E-state index in [1.54, 1.807) is 30.3 Å². The van der Waals surface area contributed by atoms with Gasteiger partial charge in [-0.3, -0.25) is 4.79 Å². The molecule has 0 spiro atoms. The molecule has 0 fully saturated rings. The van der Waals surface area contributed by atoms with Gasteiger partial charge in [0.1, 0.15) is 5.75 Å². The number of carboxylic acids is 2. The number of benzene rings is 1. The van der Waals surface area contributed by atoms with Gasteiger partial charge in [0.15, 0.2) is 0 Å². The van der Waals surface area contributed by atoms with Crippen molar-refractivity contribution in [2.24, 2.45) is 0 Å². The third-order valence-corrected chi connectivity index (χ3v) is 1.66. The summed E-state index contributed by atoms with van der Waals surface area (Å²) >= 11 is 0. The molecule has 0 saturated carbocycles. The second-order valence-electron chi connectivity index (χ2n) is 2.86. The van der Waals surface area contributed by atoms with Gasteiger partial charge in [0.25, 0.3) is 0 Å². The van der Waals surface area contributed by atoms with Crippen LogP contribution in [0.25, 0.3) is 0 Å². The van der Waals surface area contributed by atoms with Gasteiger partial charge < -0.3 is 14.9 Å². The molecule has 0 aromatic heterocycles. The molecule has 1 rings (SSSR count). The molecular formula is C10H10AgO5. The van der Waals surface area contributed by atoms with E-state index in [0.717, 1.165) is 0 Å². The zero-order valence-corrected chi connectivity index (χ0v) is 9.57. The van der Waals surface area contributed by atoms with Gasteiger partial charge in [-0.25, -0.2) is 4.79 Å². The number of para-hydroxylation sites is 1.